The fourth-order valence-corrected chi connectivity index (χ4v) is 2.94. The van der Waals surface area contributed by atoms with Gasteiger partial charge in [-0.15, -0.1) is 0 Å². The highest BCUT2D eigenvalue weighted by Gasteiger charge is 2.17. The predicted octanol–water partition coefficient (Wildman–Crippen LogP) is 1.87. The summed E-state index contributed by atoms with van der Waals surface area (Å²) in [5.41, 5.74) is 1.32. The van der Waals surface area contributed by atoms with Gasteiger partial charge >= 0.3 is 0 Å². The topological polar surface area (TPSA) is 30.5 Å². The molecule has 2 aliphatic rings. The van der Waals surface area contributed by atoms with Crippen molar-refractivity contribution in [3.05, 3.63) is 23.8 Å². The van der Waals surface area contributed by atoms with E-state index in [2.05, 4.69) is 17.4 Å². The van der Waals surface area contributed by atoms with E-state index in [0.29, 0.717) is 6.79 Å². The number of hydrogen-bond acceptors (Lipinski definition) is 4. The second-order valence-corrected chi connectivity index (χ2v) is 5.26. The van der Waals surface area contributed by atoms with E-state index in [4.69, 9.17) is 9.47 Å². The third-order valence-electron chi connectivity index (χ3n) is 2.93. The van der Waals surface area contributed by atoms with Crippen molar-refractivity contribution in [2.24, 2.45) is 5.92 Å². The van der Waals surface area contributed by atoms with Crippen LogP contribution in [0.15, 0.2) is 18.2 Å². The van der Waals surface area contributed by atoms with Crippen LogP contribution < -0.4 is 14.8 Å². The van der Waals surface area contributed by atoms with Gasteiger partial charge in [0.15, 0.2) is 11.5 Å². The second kappa shape index (κ2) is 4.55. The Kier molecular flexibility index (Phi) is 2.93. The van der Waals surface area contributed by atoms with Crippen molar-refractivity contribution in [2.75, 3.05) is 25.6 Å². The lowest BCUT2D eigenvalue weighted by molar-refractivity contribution is 0.174. The Hall–Kier alpha value is -0.870. The first-order valence-electron chi connectivity index (χ1n) is 5.59. The Morgan fingerprint density at radius 1 is 1.25 bits per heavy atom. The highest BCUT2D eigenvalue weighted by molar-refractivity contribution is 7.98. The van der Waals surface area contributed by atoms with Gasteiger partial charge in [0.2, 0.25) is 6.79 Å². The lowest BCUT2D eigenvalue weighted by Crippen LogP contribution is -2.43. The van der Waals surface area contributed by atoms with E-state index in [1.54, 1.807) is 0 Å². The van der Waals surface area contributed by atoms with E-state index in [-0.39, 0.29) is 0 Å². The second-order valence-electron chi connectivity index (χ2n) is 4.23. The summed E-state index contributed by atoms with van der Waals surface area (Å²) in [5, 5.41) is 3.29. The van der Waals surface area contributed by atoms with Gasteiger partial charge in [-0.25, -0.2) is 0 Å². The fraction of sp³-hybridized carbons (Fsp3) is 0.500. The largest absolute Gasteiger partial charge is 0.454 e. The third kappa shape index (κ3) is 2.13. The van der Waals surface area contributed by atoms with Gasteiger partial charge in [0.1, 0.15) is 0 Å². The van der Waals surface area contributed by atoms with E-state index in [1.165, 1.54) is 24.4 Å². The molecule has 0 aromatic heterocycles. The third-order valence-corrected chi connectivity index (χ3v) is 4.17. The maximum Gasteiger partial charge on any atom is 0.231 e. The molecule has 16 heavy (non-hydrogen) atoms. The van der Waals surface area contributed by atoms with Crippen LogP contribution >= 0.6 is 11.8 Å². The number of hydrogen-bond donors (Lipinski definition) is 1. The summed E-state index contributed by atoms with van der Waals surface area (Å²) < 4.78 is 10.6. The number of thioether (sulfide) groups is 1. The van der Waals surface area contributed by atoms with E-state index in [0.717, 1.165) is 23.2 Å². The Morgan fingerprint density at radius 3 is 2.94 bits per heavy atom. The minimum atomic E-state index is 0.361. The molecule has 4 heteroatoms. The SMILES string of the molecule is c1cc2c(cc1CSCC1CNC1)OCO2. The lowest BCUT2D eigenvalue weighted by atomic mass is 10.1. The molecule has 0 unspecified atom stereocenters. The Labute approximate surface area is 99.5 Å². The van der Waals surface area contributed by atoms with Crippen LogP contribution in [0, 0.1) is 5.92 Å². The molecule has 3 nitrogen and oxygen atoms in total. The first-order chi connectivity index (χ1) is 7.92. The molecular weight excluding hydrogens is 222 g/mol. The molecule has 0 aliphatic carbocycles. The van der Waals surface area contributed by atoms with Gasteiger partial charge in [-0.05, 0) is 42.5 Å². The predicted molar refractivity (Wildman–Crippen MR) is 65.1 cm³/mol. The summed E-state index contributed by atoms with van der Waals surface area (Å²) in [7, 11) is 0. The number of fused-ring (bicyclic) bond motifs is 1. The van der Waals surface area contributed by atoms with Crippen LogP contribution in [0.1, 0.15) is 5.56 Å². The van der Waals surface area contributed by atoms with Gasteiger partial charge in [0.05, 0.1) is 0 Å². The minimum absolute atomic E-state index is 0.361. The van der Waals surface area contributed by atoms with Gasteiger partial charge in [-0.1, -0.05) is 6.07 Å². The lowest BCUT2D eigenvalue weighted by Gasteiger charge is -2.26. The van der Waals surface area contributed by atoms with Crippen molar-refractivity contribution in [2.45, 2.75) is 5.75 Å². The van der Waals surface area contributed by atoms with E-state index in [9.17, 15) is 0 Å². The molecule has 0 saturated carbocycles. The molecule has 0 atom stereocenters. The van der Waals surface area contributed by atoms with Crippen LogP contribution in [-0.2, 0) is 5.75 Å². The molecule has 0 bridgehead atoms. The molecule has 0 spiro atoms. The first-order valence-corrected chi connectivity index (χ1v) is 6.74. The zero-order valence-electron chi connectivity index (χ0n) is 9.07. The fourth-order valence-electron chi connectivity index (χ4n) is 1.84. The molecule has 1 aromatic rings. The van der Waals surface area contributed by atoms with Crippen molar-refractivity contribution in [1.82, 2.24) is 5.32 Å². The van der Waals surface area contributed by atoms with E-state index >= 15 is 0 Å². The van der Waals surface area contributed by atoms with Crippen LogP contribution in [0.3, 0.4) is 0 Å². The maximum absolute atomic E-state index is 5.36. The van der Waals surface area contributed by atoms with Crippen molar-refractivity contribution in [3.63, 3.8) is 0 Å². The molecule has 3 rings (SSSR count). The molecule has 1 aromatic carbocycles. The van der Waals surface area contributed by atoms with Gasteiger partial charge < -0.3 is 14.8 Å². The van der Waals surface area contributed by atoms with Crippen LogP contribution in [-0.4, -0.2) is 25.6 Å². The molecule has 0 radical (unpaired) electrons. The summed E-state index contributed by atoms with van der Waals surface area (Å²) >= 11 is 2.00. The van der Waals surface area contributed by atoms with Crippen molar-refractivity contribution < 1.29 is 9.47 Å². The summed E-state index contributed by atoms with van der Waals surface area (Å²) in [6, 6.07) is 6.22. The Bertz CT molecular complexity index is 379. The van der Waals surface area contributed by atoms with E-state index in [1.807, 2.05) is 17.8 Å². The average molecular weight is 237 g/mol. The van der Waals surface area contributed by atoms with Crippen LogP contribution in [0.25, 0.3) is 0 Å². The molecule has 0 amide bonds. The highest BCUT2D eigenvalue weighted by atomic mass is 32.2. The van der Waals surface area contributed by atoms with Crippen LogP contribution in [0.2, 0.25) is 0 Å². The molecule has 2 aliphatic heterocycles. The van der Waals surface area contributed by atoms with Gasteiger partial charge in [0.25, 0.3) is 0 Å². The number of benzene rings is 1. The monoisotopic (exact) mass is 237 g/mol. The quantitative estimate of drug-likeness (QED) is 0.866. The zero-order chi connectivity index (χ0) is 10.8. The first kappa shape index (κ1) is 10.3. The molecular formula is C12H15NO2S. The van der Waals surface area contributed by atoms with Crippen molar-refractivity contribution >= 4 is 11.8 Å². The zero-order valence-corrected chi connectivity index (χ0v) is 9.89. The maximum atomic E-state index is 5.36. The van der Waals surface area contributed by atoms with E-state index < -0.39 is 0 Å². The normalized spacial score (nSPS) is 18.5. The molecule has 1 N–H and O–H groups in total. The summed E-state index contributed by atoms with van der Waals surface area (Å²) in [6.45, 7) is 2.74. The summed E-state index contributed by atoms with van der Waals surface area (Å²) in [6.07, 6.45) is 0. The molecule has 1 saturated heterocycles. The van der Waals surface area contributed by atoms with Crippen molar-refractivity contribution in [3.8, 4) is 11.5 Å². The average Bonchev–Trinajstić information content (AvgIpc) is 2.68. The molecule has 1 fully saturated rings. The van der Waals surface area contributed by atoms with Gasteiger partial charge in [0, 0.05) is 5.75 Å². The molecule has 86 valence electrons. The van der Waals surface area contributed by atoms with Crippen molar-refractivity contribution in [1.29, 1.82) is 0 Å². The number of rotatable bonds is 4. The smallest absolute Gasteiger partial charge is 0.231 e. The Morgan fingerprint density at radius 2 is 2.12 bits per heavy atom. The summed E-state index contributed by atoms with van der Waals surface area (Å²) in [5.74, 6) is 4.95. The van der Waals surface area contributed by atoms with Gasteiger partial charge in [-0.2, -0.15) is 11.8 Å². The van der Waals surface area contributed by atoms with Crippen LogP contribution in [0.4, 0.5) is 0 Å². The number of nitrogens with one attached hydrogen (secondary N) is 1. The highest BCUT2D eigenvalue weighted by Crippen LogP contribution is 2.33. The summed E-state index contributed by atoms with van der Waals surface area (Å²) in [4.78, 5) is 0. The van der Waals surface area contributed by atoms with Crippen LogP contribution in [0.5, 0.6) is 11.5 Å². The number of ether oxygens (including phenoxy) is 2. The van der Waals surface area contributed by atoms with Gasteiger partial charge in [-0.3, -0.25) is 0 Å². The standard InChI is InChI=1S/C12H15NO2S/c1-2-11-12(15-8-14-11)3-9(1)6-16-7-10-4-13-5-10/h1-3,10,13H,4-8H2. The Balaban J connectivity index is 1.53. The minimum Gasteiger partial charge on any atom is -0.454 e. The molecule has 2 heterocycles.